The first-order valence-corrected chi connectivity index (χ1v) is 9.74. The topological polar surface area (TPSA) is 100 Å². The van der Waals surface area contributed by atoms with Gasteiger partial charge in [-0.25, -0.2) is 9.50 Å². The van der Waals surface area contributed by atoms with Crippen LogP contribution in [0, 0.1) is 6.92 Å². The average Bonchev–Trinajstić information content (AvgIpc) is 3.32. The SMILES string of the molecule is Cc1cc(Nc2nc(Sc3ccc(NC(=O)CCl)cc3)nn3cccc23)n[nH]1. The summed E-state index contributed by atoms with van der Waals surface area (Å²) in [5.74, 6) is 1.04. The molecule has 0 aliphatic rings. The molecule has 0 saturated carbocycles. The van der Waals surface area contributed by atoms with Crippen LogP contribution in [0.1, 0.15) is 5.69 Å². The number of nitrogens with one attached hydrogen (secondary N) is 3. The first-order valence-electron chi connectivity index (χ1n) is 8.39. The number of nitrogens with zero attached hydrogens (tertiary/aromatic N) is 4. The summed E-state index contributed by atoms with van der Waals surface area (Å²) in [5, 5.41) is 18.2. The highest BCUT2D eigenvalue weighted by Crippen LogP contribution is 2.28. The average molecular weight is 414 g/mol. The van der Waals surface area contributed by atoms with Gasteiger partial charge in [0, 0.05) is 28.5 Å². The Labute approximate surface area is 169 Å². The molecule has 0 unspecified atom stereocenters. The van der Waals surface area contributed by atoms with E-state index in [4.69, 9.17) is 11.6 Å². The maximum absolute atomic E-state index is 11.4. The third-order valence-electron chi connectivity index (χ3n) is 3.79. The highest BCUT2D eigenvalue weighted by atomic mass is 35.5. The fourth-order valence-electron chi connectivity index (χ4n) is 2.56. The Morgan fingerprint density at radius 3 is 2.82 bits per heavy atom. The molecule has 1 aromatic carbocycles. The number of rotatable bonds is 6. The Morgan fingerprint density at radius 1 is 1.29 bits per heavy atom. The molecule has 0 aliphatic carbocycles. The summed E-state index contributed by atoms with van der Waals surface area (Å²) >= 11 is 6.92. The van der Waals surface area contributed by atoms with Crippen LogP contribution >= 0.6 is 23.4 Å². The van der Waals surface area contributed by atoms with Crippen LogP contribution in [0.5, 0.6) is 0 Å². The number of aromatic nitrogens is 5. The third kappa shape index (κ3) is 4.10. The summed E-state index contributed by atoms with van der Waals surface area (Å²) in [7, 11) is 0. The van der Waals surface area contributed by atoms with Gasteiger partial charge in [-0.1, -0.05) is 0 Å². The molecular weight excluding hydrogens is 398 g/mol. The Kier molecular flexibility index (Phi) is 5.18. The lowest BCUT2D eigenvalue weighted by Crippen LogP contribution is -2.12. The van der Waals surface area contributed by atoms with Crippen LogP contribution in [0.4, 0.5) is 17.3 Å². The number of benzene rings is 1. The standard InChI is InChI=1S/C18H16ClN7OS/c1-11-9-15(24-23-11)21-17-14-3-2-8-26(14)25-18(22-17)28-13-6-4-12(5-7-13)20-16(27)10-19/h2-9H,10H2,1H3,(H,20,27)(H2,21,22,23,24,25). The van der Waals surface area contributed by atoms with Crippen molar-refractivity contribution in [2.24, 2.45) is 0 Å². The van der Waals surface area contributed by atoms with E-state index < -0.39 is 0 Å². The van der Waals surface area contributed by atoms with E-state index in [0.717, 1.165) is 16.1 Å². The van der Waals surface area contributed by atoms with Crippen LogP contribution in [0.3, 0.4) is 0 Å². The number of carbonyl (C=O) groups excluding carboxylic acids is 1. The zero-order valence-electron chi connectivity index (χ0n) is 14.8. The van der Waals surface area contributed by atoms with Gasteiger partial charge in [0.05, 0.1) is 0 Å². The molecule has 3 aromatic heterocycles. The maximum Gasteiger partial charge on any atom is 0.239 e. The predicted molar refractivity (Wildman–Crippen MR) is 110 cm³/mol. The van der Waals surface area contributed by atoms with E-state index in [1.165, 1.54) is 11.8 Å². The van der Waals surface area contributed by atoms with Crippen molar-refractivity contribution in [3.8, 4) is 0 Å². The highest BCUT2D eigenvalue weighted by molar-refractivity contribution is 7.99. The van der Waals surface area contributed by atoms with Crippen LogP contribution < -0.4 is 10.6 Å². The Bertz CT molecular complexity index is 1120. The van der Waals surface area contributed by atoms with Gasteiger partial charge in [-0.3, -0.25) is 9.89 Å². The molecule has 1 amide bonds. The number of amides is 1. The molecule has 3 N–H and O–H groups in total. The number of hydrogen-bond acceptors (Lipinski definition) is 6. The quantitative estimate of drug-likeness (QED) is 0.415. The molecule has 0 fully saturated rings. The van der Waals surface area contributed by atoms with Crippen molar-refractivity contribution in [2.45, 2.75) is 17.0 Å². The number of carbonyl (C=O) groups is 1. The molecule has 0 spiro atoms. The molecule has 0 atom stereocenters. The van der Waals surface area contributed by atoms with Crippen molar-refractivity contribution in [3.05, 3.63) is 54.4 Å². The molecule has 142 valence electrons. The number of hydrogen-bond donors (Lipinski definition) is 3. The summed E-state index contributed by atoms with van der Waals surface area (Å²) in [6, 6.07) is 13.2. The van der Waals surface area contributed by atoms with Gasteiger partial charge in [-0.15, -0.1) is 16.7 Å². The first kappa shape index (κ1) is 18.3. The smallest absolute Gasteiger partial charge is 0.239 e. The number of anilines is 3. The summed E-state index contributed by atoms with van der Waals surface area (Å²) in [6.07, 6.45) is 1.87. The van der Waals surface area contributed by atoms with Crippen molar-refractivity contribution in [1.29, 1.82) is 0 Å². The van der Waals surface area contributed by atoms with E-state index in [1.54, 1.807) is 4.52 Å². The van der Waals surface area contributed by atoms with Gasteiger partial charge in [0.15, 0.2) is 11.6 Å². The van der Waals surface area contributed by atoms with E-state index >= 15 is 0 Å². The van der Waals surface area contributed by atoms with Gasteiger partial charge in [-0.2, -0.15) is 5.10 Å². The molecule has 28 heavy (non-hydrogen) atoms. The van der Waals surface area contributed by atoms with E-state index in [1.807, 2.05) is 55.6 Å². The molecule has 3 heterocycles. The largest absolute Gasteiger partial charge is 0.325 e. The normalized spacial score (nSPS) is 10.9. The molecule has 0 saturated heterocycles. The monoisotopic (exact) mass is 413 g/mol. The Hall–Kier alpha value is -3.04. The minimum absolute atomic E-state index is 0.0769. The molecule has 0 radical (unpaired) electrons. The van der Waals surface area contributed by atoms with E-state index in [2.05, 4.69) is 30.9 Å². The lowest BCUT2D eigenvalue weighted by molar-refractivity contribution is -0.113. The van der Waals surface area contributed by atoms with E-state index in [0.29, 0.717) is 22.5 Å². The third-order valence-corrected chi connectivity index (χ3v) is 4.90. The molecule has 4 rings (SSSR count). The van der Waals surface area contributed by atoms with Crippen LogP contribution in [-0.2, 0) is 4.79 Å². The van der Waals surface area contributed by atoms with Crippen molar-refractivity contribution in [1.82, 2.24) is 24.8 Å². The second-order valence-electron chi connectivity index (χ2n) is 5.95. The fourth-order valence-corrected chi connectivity index (χ4v) is 3.37. The van der Waals surface area contributed by atoms with E-state index in [9.17, 15) is 4.79 Å². The van der Waals surface area contributed by atoms with Gasteiger partial charge in [0.25, 0.3) is 0 Å². The molecule has 4 aromatic rings. The second-order valence-corrected chi connectivity index (χ2v) is 7.26. The fraction of sp³-hybridized carbons (Fsp3) is 0.111. The zero-order chi connectivity index (χ0) is 19.5. The van der Waals surface area contributed by atoms with Crippen LogP contribution in [0.25, 0.3) is 5.52 Å². The van der Waals surface area contributed by atoms with E-state index in [-0.39, 0.29) is 11.8 Å². The van der Waals surface area contributed by atoms with Gasteiger partial charge in [-0.05, 0) is 55.1 Å². The number of alkyl halides is 1. The van der Waals surface area contributed by atoms with Crippen LogP contribution in [-0.4, -0.2) is 36.6 Å². The molecular formula is C18H16ClN7OS. The van der Waals surface area contributed by atoms with Gasteiger partial charge >= 0.3 is 0 Å². The summed E-state index contributed by atoms with van der Waals surface area (Å²) < 4.78 is 1.77. The number of halogens is 1. The number of H-pyrrole nitrogens is 1. The lowest BCUT2D eigenvalue weighted by atomic mass is 10.3. The zero-order valence-corrected chi connectivity index (χ0v) is 16.4. The number of fused-ring (bicyclic) bond motifs is 1. The van der Waals surface area contributed by atoms with Gasteiger partial charge in [0.2, 0.25) is 11.1 Å². The van der Waals surface area contributed by atoms with Crippen molar-refractivity contribution in [2.75, 3.05) is 16.5 Å². The lowest BCUT2D eigenvalue weighted by Gasteiger charge is -2.08. The first-order chi connectivity index (χ1) is 13.6. The van der Waals surface area contributed by atoms with Crippen LogP contribution in [0.2, 0.25) is 0 Å². The highest BCUT2D eigenvalue weighted by Gasteiger charge is 2.11. The summed E-state index contributed by atoms with van der Waals surface area (Å²) in [5.41, 5.74) is 2.50. The van der Waals surface area contributed by atoms with Gasteiger partial charge < -0.3 is 10.6 Å². The molecule has 8 nitrogen and oxygen atoms in total. The minimum Gasteiger partial charge on any atom is -0.325 e. The number of aromatic amines is 1. The van der Waals surface area contributed by atoms with Crippen molar-refractivity contribution in [3.63, 3.8) is 0 Å². The number of aryl methyl sites for hydroxylation is 1. The van der Waals surface area contributed by atoms with Crippen molar-refractivity contribution < 1.29 is 4.79 Å². The summed E-state index contributed by atoms with van der Waals surface area (Å²) in [6.45, 7) is 1.94. The molecule has 10 heteroatoms. The van der Waals surface area contributed by atoms with Crippen LogP contribution in [0.15, 0.2) is 58.7 Å². The summed E-state index contributed by atoms with van der Waals surface area (Å²) in [4.78, 5) is 16.9. The molecule has 0 aliphatic heterocycles. The Morgan fingerprint density at radius 2 is 2.11 bits per heavy atom. The molecule has 0 bridgehead atoms. The van der Waals surface area contributed by atoms with Crippen molar-refractivity contribution >= 4 is 52.1 Å². The second kappa shape index (κ2) is 7.91. The minimum atomic E-state index is -0.243. The van der Waals surface area contributed by atoms with Gasteiger partial charge in [0.1, 0.15) is 11.4 Å². The maximum atomic E-state index is 11.4. The Balaban J connectivity index is 1.57. The predicted octanol–water partition coefficient (Wildman–Crippen LogP) is 3.83.